The van der Waals surface area contributed by atoms with Gasteiger partial charge in [-0.25, -0.2) is 0 Å². The first kappa shape index (κ1) is 16.0. The number of halogens is 2. The Morgan fingerprint density at radius 2 is 1.95 bits per heavy atom. The molecule has 0 aliphatic rings. The van der Waals surface area contributed by atoms with Crippen LogP contribution in [-0.4, -0.2) is 12.2 Å². The van der Waals surface area contributed by atoms with E-state index in [1.807, 2.05) is 31.2 Å². The lowest BCUT2D eigenvalue weighted by atomic mass is 10.1. The maximum atomic E-state index is 10.0. The molecule has 0 radical (unpaired) electrons. The van der Waals surface area contributed by atoms with Crippen molar-refractivity contribution in [2.75, 3.05) is 7.11 Å². The second-order valence-electron chi connectivity index (χ2n) is 4.74. The molecule has 2 rings (SSSR count). The highest BCUT2D eigenvalue weighted by molar-refractivity contribution is 6.42. The van der Waals surface area contributed by atoms with Crippen LogP contribution in [-0.2, 0) is 6.54 Å². The molecule has 2 aromatic rings. The topological polar surface area (TPSA) is 41.5 Å². The van der Waals surface area contributed by atoms with Crippen molar-refractivity contribution in [1.82, 2.24) is 5.32 Å². The van der Waals surface area contributed by atoms with Crippen LogP contribution in [0.1, 0.15) is 24.1 Å². The molecule has 1 atom stereocenters. The van der Waals surface area contributed by atoms with Gasteiger partial charge in [0.2, 0.25) is 0 Å². The van der Waals surface area contributed by atoms with Crippen molar-refractivity contribution in [2.24, 2.45) is 0 Å². The van der Waals surface area contributed by atoms with Crippen LogP contribution >= 0.6 is 23.2 Å². The van der Waals surface area contributed by atoms with Gasteiger partial charge in [0.25, 0.3) is 0 Å². The van der Waals surface area contributed by atoms with Crippen molar-refractivity contribution in [2.45, 2.75) is 19.5 Å². The molecule has 0 fully saturated rings. The number of methoxy groups -OCH3 is 1. The predicted molar refractivity (Wildman–Crippen MR) is 86.4 cm³/mol. The molecule has 0 amide bonds. The number of hydrogen-bond acceptors (Lipinski definition) is 3. The first-order valence-corrected chi connectivity index (χ1v) is 7.31. The number of benzene rings is 2. The minimum atomic E-state index is 0.0744. The SMILES string of the molecule is COc1cccc(CNC(C)c2ccc(Cl)c(Cl)c2)c1O. The fraction of sp³-hybridized carbons (Fsp3) is 0.250. The molecule has 0 saturated heterocycles. The van der Waals surface area contributed by atoms with E-state index in [1.165, 1.54) is 7.11 Å². The molecule has 0 aliphatic carbocycles. The number of rotatable bonds is 5. The Balaban J connectivity index is 2.07. The summed E-state index contributed by atoms with van der Waals surface area (Å²) in [5.74, 6) is 0.630. The first-order chi connectivity index (χ1) is 10.0. The lowest BCUT2D eigenvalue weighted by molar-refractivity contribution is 0.369. The van der Waals surface area contributed by atoms with E-state index >= 15 is 0 Å². The molecule has 3 nitrogen and oxygen atoms in total. The fourth-order valence-corrected chi connectivity index (χ4v) is 2.34. The molecule has 0 heterocycles. The standard InChI is InChI=1S/C16H17Cl2NO2/c1-10(11-6-7-13(17)14(18)8-11)19-9-12-4-3-5-15(21-2)16(12)20/h3-8,10,19-20H,9H2,1-2H3. The molecule has 2 aromatic carbocycles. The highest BCUT2D eigenvalue weighted by Gasteiger charge is 2.10. The van der Waals surface area contributed by atoms with Crippen molar-refractivity contribution in [3.8, 4) is 11.5 Å². The van der Waals surface area contributed by atoms with Crippen LogP contribution in [0.2, 0.25) is 10.0 Å². The van der Waals surface area contributed by atoms with E-state index in [4.69, 9.17) is 27.9 Å². The van der Waals surface area contributed by atoms with E-state index in [-0.39, 0.29) is 11.8 Å². The van der Waals surface area contributed by atoms with E-state index in [0.717, 1.165) is 11.1 Å². The molecule has 0 bridgehead atoms. The van der Waals surface area contributed by atoms with E-state index in [9.17, 15) is 5.11 Å². The average Bonchev–Trinajstić information content (AvgIpc) is 2.48. The van der Waals surface area contributed by atoms with Gasteiger partial charge in [-0.3, -0.25) is 0 Å². The Bertz CT molecular complexity index is 632. The Kier molecular flexibility index (Phi) is 5.34. The zero-order chi connectivity index (χ0) is 15.4. The third kappa shape index (κ3) is 3.82. The summed E-state index contributed by atoms with van der Waals surface area (Å²) in [5, 5.41) is 14.5. The van der Waals surface area contributed by atoms with Crippen LogP contribution in [0.5, 0.6) is 11.5 Å². The summed E-state index contributed by atoms with van der Waals surface area (Å²) < 4.78 is 5.10. The van der Waals surface area contributed by atoms with Gasteiger partial charge in [0.05, 0.1) is 17.2 Å². The second kappa shape index (κ2) is 7.03. The van der Waals surface area contributed by atoms with Crippen LogP contribution in [0.3, 0.4) is 0 Å². The third-order valence-corrected chi connectivity index (χ3v) is 4.08. The van der Waals surface area contributed by atoms with Gasteiger partial charge >= 0.3 is 0 Å². The molecule has 0 aromatic heterocycles. The maximum Gasteiger partial charge on any atom is 0.162 e. The van der Waals surface area contributed by atoms with E-state index in [1.54, 1.807) is 12.1 Å². The van der Waals surface area contributed by atoms with Crippen molar-refractivity contribution in [1.29, 1.82) is 0 Å². The summed E-state index contributed by atoms with van der Waals surface area (Å²) in [6, 6.07) is 11.0. The minimum Gasteiger partial charge on any atom is -0.504 e. The van der Waals surface area contributed by atoms with E-state index in [0.29, 0.717) is 22.3 Å². The summed E-state index contributed by atoms with van der Waals surface area (Å²) in [4.78, 5) is 0. The molecule has 2 N–H and O–H groups in total. The Morgan fingerprint density at radius 3 is 2.62 bits per heavy atom. The van der Waals surface area contributed by atoms with Crippen LogP contribution < -0.4 is 10.1 Å². The molecular formula is C16H17Cl2NO2. The van der Waals surface area contributed by atoms with Crippen LogP contribution in [0, 0.1) is 0 Å². The number of phenolic OH excluding ortho intramolecular Hbond substituents is 1. The number of para-hydroxylation sites is 1. The lowest BCUT2D eigenvalue weighted by Gasteiger charge is -2.16. The first-order valence-electron chi connectivity index (χ1n) is 6.56. The highest BCUT2D eigenvalue weighted by Crippen LogP contribution is 2.30. The molecule has 0 aliphatic heterocycles. The van der Waals surface area contributed by atoms with Gasteiger partial charge in [-0.05, 0) is 30.7 Å². The average molecular weight is 326 g/mol. The van der Waals surface area contributed by atoms with Crippen LogP contribution in [0.4, 0.5) is 0 Å². The van der Waals surface area contributed by atoms with Crippen LogP contribution in [0.15, 0.2) is 36.4 Å². The van der Waals surface area contributed by atoms with Gasteiger partial charge in [0, 0.05) is 18.2 Å². The maximum absolute atomic E-state index is 10.0. The van der Waals surface area contributed by atoms with Crippen molar-refractivity contribution >= 4 is 23.2 Å². The normalized spacial score (nSPS) is 12.2. The number of nitrogens with one attached hydrogen (secondary N) is 1. The van der Waals surface area contributed by atoms with E-state index < -0.39 is 0 Å². The molecule has 0 saturated carbocycles. The quantitative estimate of drug-likeness (QED) is 0.846. The van der Waals surface area contributed by atoms with Gasteiger partial charge in [-0.15, -0.1) is 0 Å². The molecule has 1 unspecified atom stereocenters. The Hall–Kier alpha value is -1.42. The Morgan fingerprint density at radius 1 is 1.19 bits per heavy atom. The van der Waals surface area contributed by atoms with Crippen LogP contribution in [0.25, 0.3) is 0 Å². The smallest absolute Gasteiger partial charge is 0.162 e. The lowest BCUT2D eigenvalue weighted by Crippen LogP contribution is -2.18. The van der Waals surface area contributed by atoms with Crippen molar-refractivity contribution in [3.05, 3.63) is 57.6 Å². The summed E-state index contributed by atoms with van der Waals surface area (Å²) in [6.45, 7) is 2.54. The molecular weight excluding hydrogens is 309 g/mol. The number of aromatic hydroxyl groups is 1. The molecule has 5 heteroatoms. The molecule has 21 heavy (non-hydrogen) atoms. The van der Waals surface area contributed by atoms with Gasteiger partial charge in [-0.2, -0.15) is 0 Å². The summed E-state index contributed by atoms with van der Waals surface area (Å²) in [6.07, 6.45) is 0. The van der Waals surface area contributed by atoms with Gasteiger partial charge in [-0.1, -0.05) is 41.4 Å². The predicted octanol–water partition coefficient (Wildman–Crippen LogP) is 4.56. The zero-order valence-corrected chi connectivity index (χ0v) is 13.4. The van der Waals surface area contributed by atoms with Gasteiger partial charge in [0.1, 0.15) is 0 Å². The summed E-state index contributed by atoms with van der Waals surface area (Å²) >= 11 is 11.9. The largest absolute Gasteiger partial charge is 0.504 e. The third-order valence-electron chi connectivity index (χ3n) is 3.34. The Labute approximate surface area is 134 Å². The second-order valence-corrected chi connectivity index (χ2v) is 5.56. The zero-order valence-electron chi connectivity index (χ0n) is 11.9. The van der Waals surface area contributed by atoms with Crippen molar-refractivity contribution in [3.63, 3.8) is 0 Å². The summed E-state index contributed by atoms with van der Waals surface area (Å²) in [5.41, 5.74) is 1.81. The molecule has 0 spiro atoms. The number of ether oxygens (including phenoxy) is 1. The minimum absolute atomic E-state index is 0.0744. The monoisotopic (exact) mass is 325 g/mol. The van der Waals surface area contributed by atoms with Gasteiger partial charge in [0.15, 0.2) is 11.5 Å². The summed E-state index contributed by atoms with van der Waals surface area (Å²) in [7, 11) is 1.53. The molecule has 112 valence electrons. The van der Waals surface area contributed by atoms with Crippen molar-refractivity contribution < 1.29 is 9.84 Å². The van der Waals surface area contributed by atoms with E-state index in [2.05, 4.69) is 5.32 Å². The number of hydrogen-bond donors (Lipinski definition) is 2. The highest BCUT2D eigenvalue weighted by atomic mass is 35.5. The van der Waals surface area contributed by atoms with Gasteiger partial charge < -0.3 is 15.2 Å². The number of phenols is 1. The fourth-order valence-electron chi connectivity index (χ4n) is 2.04.